The predicted molar refractivity (Wildman–Crippen MR) is 230 cm³/mol. The zero-order valence-corrected chi connectivity index (χ0v) is 36.6. The Bertz CT molecular complexity index is 2320. The number of H-pyrrole nitrogens is 2. The maximum atomic E-state index is 14.1. The van der Waals surface area contributed by atoms with Gasteiger partial charge in [-0.25, -0.2) is 19.6 Å². The summed E-state index contributed by atoms with van der Waals surface area (Å²) in [7, 11) is 2.59. The number of ether oxygens (including phenoxy) is 4. The third kappa shape index (κ3) is 7.61. The van der Waals surface area contributed by atoms with Gasteiger partial charge in [-0.1, -0.05) is 52.0 Å². The highest BCUT2D eigenvalue weighted by Crippen LogP contribution is 2.53. The molecule has 4 aliphatic rings. The lowest BCUT2D eigenvalue weighted by Gasteiger charge is -2.45. The quantitative estimate of drug-likeness (QED) is 0.126. The van der Waals surface area contributed by atoms with Gasteiger partial charge >= 0.3 is 12.2 Å². The van der Waals surface area contributed by atoms with Crippen LogP contribution < -0.4 is 20.1 Å². The molecule has 2 aromatic heterocycles. The third-order valence-electron chi connectivity index (χ3n) is 13.3. The molecule has 4 amide bonds. The summed E-state index contributed by atoms with van der Waals surface area (Å²) < 4.78 is 22.3. The number of methoxy groups -OCH3 is 2. The van der Waals surface area contributed by atoms with Crippen molar-refractivity contribution in [2.45, 2.75) is 96.3 Å². The molecule has 62 heavy (non-hydrogen) atoms. The van der Waals surface area contributed by atoms with Crippen LogP contribution in [0.25, 0.3) is 33.6 Å². The van der Waals surface area contributed by atoms with Crippen LogP contribution in [-0.2, 0) is 30.1 Å². The van der Waals surface area contributed by atoms with Crippen LogP contribution in [0, 0.1) is 17.8 Å². The van der Waals surface area contributed by atoms with Crippen LogP contribution in [0.5, 0.6) is 11.5 Å². The monoisotopic (exact) mass is 850 g/mol. The van der Waals surface area contributed by atoms with Crippen molar-refractivity contribution >= 4 is 24.0 Å². The number of piperidine rings is 2. The fraction of sp³-hybridized carbons (Fsp3) is 0.522. The summed E-state index contributed by atoms with van der Waals surface area (Å²) in [4.78, 5) is 73.0. The van der Waals surface area contributed by atoms with Crippen molar-refractivity contribution in [3.8, 4) is 45.1 Å². The number of likely N-dealkylation sites (tertiary alicyclic amines) is 2. The lowest BCUT2D eigenvalue weighted by Crippen LogP contribution is -2.58. The number of fused-ring (bicyclic) bond motifs is 3. The van der Waals surface area contributed by atoms with E-state index in [1.165, 1.54) is 14.2 Å². The average molecular weight is 851 g/mol. The Kier molecular flexibility index (Phi) is 11.7. The maximum absolute atomic E-state index is 14.1. The number of carbonyl (C=O) groups excluding carboxylic acids is 4. The Morgan fingerprint density at radius 1 is 0.742 bits per heavy atom. The summed E-state index contributed by atoms with van der Waals surface area (Å²) in [5, 5.41) is 5.49. The molecule has 16 heteroatoms. The SMILES string of the molecule is COC(=O)NC(C(=O)N1CCCCC1(C)c1ncc(-c2ccc(-c3ccc(-c4cnc(C56CCC(CN5C(=O)C(NC(=O)OC)C(C)C)C6)[nH]4)cc3)c3c2OCCO3)[nH]1)C(C)C. The highest BCUT2D eigenvalue weighted by molar-refractivity contribution is 5.88. The molecule has 16 nitrogen and oxygen atoms in total. The van der Waals surface area contributed by atoms with Gasteiger partial charge in [-0.3, -0.25) is 9.59 Å². The van der Waals surface area contributed by atoms with Gasteiger partial charge in [0.15, 0.2) is 11.5 Å². The molecule has 3 aliphatic heterocycles. The Labute approximate surface area is 361 Å². The molecule has 4 N–H and O–H groups in total. The minimum absolute atomic E-state index is 0.119. The van der Waals surface area contributed by atoms with Gasteiger partial charge in [0.2, 0.25) is 11.8 Å². The average Bonchev–Trinajstić information content (AvgIpc) is 4.12. The molecule has 3 fully saturated rings. The molecule has 0 spiro atoms. The van der Waals surface area contributed by atoms with Crippen LogP contribution in [0.15, 0.2) is 48.8 Å². The van der Waals surface area contributed by atoms with Crippen LogP contribution in [0.3, 0.4) is 0 Å². The first-order valence-electron chi connectivity index (χ1n) is 21.7. The molecular formula is C46H58N8O8. The number of hydrogen-bond acceptors (Lipinski definition) is 10. The number of nitrogens with zero attached hydrogens (tertiary/aromatic N) is 4. The number of aromatic nitrogens is 4. The van der Waals surface area contributed by atoms with Gasteiger partial charge in [-0.15, -0.1) is 0 Å². The van der Waals surface area contributed by atoms with E-state index in [1.54, 1.807) is 6.20 Å². The number of nitrogens with one attached hydrogen (secondary N) is 4. The molecule has 5 unspecified atom stereocenters. The van der Waals surface area contributed by atoms with Crippen molar-refractivity contribution in [2.24, 2.45) is 17.8 Å². The predicted octanol–water partition coefficient (Wildman–Crippen LogP) is 6.73. The van der Waals surface area contributed by atoms with Crippen molar-refractivity contribution < 1.29 is 38.1 Å². The van der Waals surface area contributed by atoms with E-state index in [1.807, 2.05) is 87.0 Å². The van der Waals surface area contributed by atoms with E-state index in [-0.39, 0.29) is 23.7 Å². The van der Waals surface area contributed by atoms with Crippen LogP contribution in [0.1, 0.15) is 84.8 Å². The van der Waals surface area contributed by atoms with Crippen molar-refractivity contribution in [2.75, 3.05) is 40.5 Å². The maximum Gasteiger partial charge on any atom is 0.407 e. The molecule has 5 atom stereocenters. The van der Waals surface area contributed by atoms with Crippen LogP contribution >= 0.6 is 0 Å². The zero-order chi connectivity index (χ0) is 43.9. The molecule has 0 radical (unpaired) electrons. The molecule has 2 saturated heterocycles. The highest BCUT2D eigenvalue weighted by Gasteiger charge is 2.56. The van der Waals surface area contributed by atoms with Gasteiger partial charge in [0.1, 0.15) is 42.5 Å². The summed E-state index contributed by atoms with van der Waals surface area (Å²) >= 11 is 0. The summed E-state index contributed by atoms with van der Waals surface area (Å²) in [6.45, 7) is 11.6. The molecule has 1 saturated carbocycles. The first-order valence-corrected chi connectivity index (χ1v) is 21.7. The molecule has 5 heterocycles. The minimum Gasteiger partial charge on any atom is -0.485 e. The molecule has 8 rings (SSSR count). The number of hydrogen-bond donors (Lipinski definition) is 4. The zero-order valence-electron chi connectivity index (χ0n) is 36.6. The topological polar surface area (TPSA) is 193 Å². The molecule has 2 aromatic carbocycles. The molecule has 330 valence electrons. The Hall–Kier alpha value is -6.06. The van der Waals surface area contributed by atoms with Gasteiger partial charge in [-0.05, 0) is 86.5 Å². The number of alkyl carbamates (subject to hydrolysis) is 2. The summed E-state index contributed by atoms with van der Waals surface area (Å²) in [5.74, 6) is 2.47. The van der Waals surface area contributed by atoms with E-state index in [0.29, 0.717) is 56.0 Å². The van der Waals surface area contributed by atoms with Gasteiger partial charge in [0.05, 0.1) is 43.5 Å². The summed E-state index contributed by atoms with van der Waals surface area (Å²) in [6, 6.07) is 10.8. The van der Waals surface area contributed by atoms with Crippen molar-refractivity contribution in [1.82, 2.24) is 40.4 Å². The Morgan fingerprint density at radius 3 is 1.94 bits per heavy atom. The lowest BCUT2D eigenvalue weighted by atomic mass is 9.86. The number of carbonyl (C=O) groups is 4. The van der Waals surface area contributed by atoms with E-state index in [9.17, 15) is 19.2 Å². The Morgan fingerprint density at radius 2 is 1.31 bits per heavy atom. The van der Waals surface area contributed by atoms with Crippen molar-refractivity contribution in [3.63, 3.8) is 0 Å². The van der Waals surface area contributed by atoms with Crippen LogP contribution in [0.4, 0.5) is 9.59 Å². The normalized spacial score (nSPS) is 22.7. The lowest BCUT2D eigenvalue weighted by molar-refractivity contribution is -0.143. The number of rotatable bonds is 11. The standard InChI is InChI=1S/C46H58N8O8/c1-26(2)35(51-43(57)59-6)39(55)53-19-9-8-17-45(53,5)41-47-24-34(50-41)32-15-14-31(37-38(32)62-21-20-61-37)29-10-12-30(13-11-29)33-23-48-42(49-33)46-18-16-28(22-46)25-54(46)40(56)36(27(3)4)52-44(58)60-7/h10-15,23-24,26-28,35-36H,8-9,16-22,25H2,1-7H3,(H,47,50)(H,48,49)(H,51,57)(H,52,58). The van der Waals surface area contributed by atoms with E-state index >= 15 is 0 Å². The first kappa shape index (κ1) is 42.6. The number of aromatic amines is 2. The fourth-order valence-electron chi connectivity index (χ4n) is 9.90. The number of benzene rings is 2. The van der Waals surface area contributed by atoms with Crippen molar-refractivity contribution in [3.05, 3.63) is 60.4 Å². The Balaban J connectivity index is 1.03. The smallest absolute Gasteiger partial charge is 0.407 e. The van der Waals surface area contributed by atoms with Crippen LogP contribution in [0.2, 0.25) is 0 Å². The van der Waals surface area contributed by atoms with E-state index in [4.69, 9.17) is 28.9 Å². The fourth-order valence-corrected chi connectivity index (χ4v) is 9.90. The van der Waals surface area contributed by atoms with Gasteiger partial charge < -0.3 is 49.3 Å². The third-order valence-corrected chi connectivity index (χ3v) is 13.3. The minimum atomic E-state index is -0.748. The van der Waals surface area contributed by atoms with E-state index in [0.717, 1.165) is 71.6 Å². The second kappa shape index (κ2) is 17.0. The second-order valence-electron chi connectivity index (χ2n) is 17.9. The molecular weight excluding hydrogens is 793 g/mol. The van der Waals surface area contributed by atoms with Crippen LogP contribution in [-0.4, -0.2) is 106 Å². The summed E-state index contributed by atoms with van der Waals surface area (Å²) in [5.41, 5.74) is 3.84. The van der Waals surface area contributed by atoms with Crippen molar-refractivity contribution in [1.29, 1.82) is 0 Å². The van der Waals surface area contributed by atoms with Gasteiger partial charge in [0, 0.05) is 24.2 Å². The number of imidazole rings is 2. The second-order valence-corrected chi connectivity index (χ2v) is 17.9. The van der Waals surface area contributed by atoms with Gasteiger partial charge in [-0.2, -0.15) is 0 Å². The molecule has 1 aliphatic carbocycles. The molecule has 4 aromatic rings. The summed E-state index contributed by atoms with van der Waals surface area (Å²) in [6.07, 6.45) is 7.45. The highest BCUT2D eigenvalue weighted by atomic mass is 16.6. The largest absolute Gasteiger partial charge is 0.485 e. The van der Waals surface area contributed by atoms with Gasteiger partial charge in [0.25, 0.3) is 0 Å². The van der Waals surface area contributed by atoms with E-state index in [2.05, 4.69) is 20.6 Å². The number of amides is 4. The molecule has 2 bridgehead atoms. The van der Waals surface area contributed by atoms with E-state index < -0.39 is 35.3 Å². The first-order chi connectivity index (χ1) is 29.8.